The Morgan fingerprint density at radius 2 is 2.05 bits per heavy atom. The fourth-order valence-corrected chi connectivity index (χ4v) is 3.28. The number of likely N-dealkylation sites (tertiary alicyclic amines) is 1. The summed E-state index contributed by atoms with van der Waals surface area (Å²) in [6, 6.07) is 0.438. The molecule has 1 atom stereocenters. The van der Waals surface area contributed by atoms with Crippen LogP contribution in [0.2, 0.25) is 0 Å². The number of carbonyl (C=O) groups excluding carboxylic acids is 1. The lowest BCUT2D eigenvalue weighted by atomic mass is 9.77. The minimum absolute atomic E-state index is 0.160. The molecule has 0 aromatic rings. The summed E-state index contributed by atoms with van der Waals surface area (Å²) in [4.78, 5) is 27.8. The first kappa shape index (κ1) is 15.3. The highest BCUT2D eigenvalue weighted by Crippen LogP contribution is 2.34. The number of carboxylic acid groups (broad SMARTS) is 1. The molecule has 1 aliphatic heterocycles. The second-order valence-electron chi connectivity index (χ2n) is 6.16. The Labute approximate surface area is 120 Å². The molecule has 1 N–H and O–H groups in total. The number of aliphatic carboxylic acids is 1. The molecule has 20 heavy (non-hydrogen) atoms. The molecule has 1 heterocycles. The Morgan fingerprint density at radius 1 is 1.35 bits per heavy atom. The van der Waals surface area contributed by atoms with Crippen LogP contribution in [0, 0.1) is 5.41 Å². The van der Waals surface area contributed by atoms with Gasteiger partial charge in [0, 0.05) is 19.1 Å². The summed E-state index contributed by atoms with van der Waals surface area (Å²) in [7, 11) is 0. The molecule has 0 spiro atoms. The minimum atomic E-state index is -0.716. The Bertz CT molecular complexity index is 381. The second-order valence-corrected chi connectivity index (χ2v) is 6.16. The molecule has 0 aromatic carbocycles. The lowest BCUT2D eigenvalue weighted by Gasteiger charge is -2.39. The van der Waals surface area contributed by atoms with Crippen LogP contribution < -0.4 is 0 Å². The number of carboxylic acids is 1. The number of hydrogen-bond donors (Lipinski definition) is 1. The standard InChI is InChI=1S/C15H26N2O3/c1-3-15(14(19)20)8-5-9-16(11-15)10-13(18)17(4-2)12-6-7-12/h12H,3-11H2,1-2H3,(H,19,20). The number of nitrogens with zero attached hydrogens (tertiary/aromatic N) is 2. The summed E-state index contributed by atoms with van der Waals surface area (Å²) in [5.74, 6) is -0.556. The topological polar surface area (TPSA) is 60.9 Å². The van der Waals surface area contributed by atoms with Gasteiger partial charge in [-0.1, -0.05) is 6.92 Å². The zero-order valence-corrected chi connectivity index (χ0v) is 12.6. The highest BCUT2D eigenvalue weighted by atomic mass is 16.4. The SMILES string of the molecule is CCN(C(=O)CN1CCCC(CC)(C(=O)O)C1)C1CC1. The van der Waals surface area contributed by atoms with E-state index in [9.17, 15) is 14.7 Å². The first-order valence-corrected chi connectivity index (χ1v) is 7.77. The molecule has 2 fully saturated rings. The molecule has 5 nitrogen and oxygen atoms in total. The summed E-state index contributed by atoms with van der Waals surface area (Å²) in [5.41, 5.74) is -0.658. The fraction of sp³-hybridized carbons (Fsp3) is 0.867. The molecule has 1 amide bonds. The lowest BCUT2D eigenvalue weighted by molar-refractivity contribution is -0.154. The van der Waals surface area contributed by atoms with Gasteiger partial charge in [0.25, 0.3) is 0 Å². The molecule has 1 aliphatic carbocycles. The molecule has 0 bridgehead atoms. The van der Waals surface area contributed by atoms with Crippen LogP contribution in [0.1, 0.15) is 46.0 Å². The van der Waals surface area contributed by atoms with E-state index in [1.54, 1.807) is 0 Å². The van der Waals surface area contributed by atoms with E-state index in [-0.39, 0.29) is 5.91 Å². The van der Waals surface area contributed by atoms with E-state index in [1.807, 2.05) is 23.6 Å². The predicted molar refractivity (Wildman–Crippen MR) is 76.4 cm³/mol. The average Bonchev–Trinajstić information content (AvgIpc) is 3.24. The van der Waals surface area contributed by atoms with Crippen molar-refractivity contribution in [2.24, 2.45) is 5.41 Å². The van der Waals surface area contributed by atoms with Gasteiger partial charge in [-0.3, -0.25) is 14.5 Å². The summed E-state index contributed by atoms with van der Waals surface area (Å²) in [6.07, 6.45) is 4.46. The van der Waals surface area contributed by atoms with Crippen LogP contribution in [-0.2, 0) is 9.59 Å². The first-order valence-electron chi connectivity index (χ1n) is 7.77. The van der Waals surface area contributed by atoms with Crippen molar-refractivity contribution in [2.75, 3.05) is 26.2 Å². The number of likely N-dealkylation sites (N-methyl/N-ethyl adjacent to an activating group) is 1. The van der Waals surface area contributed by atoms with Crippen LogP contribution in [0.4, 0.5) is 0 Å². The van der Waals surface area contributed by atoms with Crippen molar-refractivity contribution in [3.63, 3.8) is 0 Å². The van der Waals surface area contributed by atoms with Gasteiger partial charge in [-0.25, -0.2) is 0 Å². The van der Waals surface area contributed by atoms with E-state index in [4.69, 9.17) is 0 Å². The van der Waals surface area contributed by atoms with Crippen molar-refractivity contribution in [2.45, 2.75) is 52.0 Å². The summed E-state index contributed by atoms with van der Waals surface area (Å²) >= 11 is 0. The fourth-order valence-electron chi connectivity index (χ4n) is 3.28. The van der Waals surface area contributed by atoms with Gasteiger partial charge in [0.2, 0.25) is 5.91 Å². The summed E-state index contributed by atoms with van der Waals surface area (Å²) < 4.78 is 0. The van der Waals surface area contributed by atoms with Crippen molar-refractivity contribution in [3.05, 3.63) is 0 Å². The molecule has 2 aliphatic rings. The number of carbonyl (C=O) groups is 2. The van der Waals surface area contributed by atoms with Gasteiger partial charge in [-0.2, -0.15) is 0 Å². The number of rotatable bonds is 6. The molecular weight excluding hydrogens is 256 g/mol. The maximum atomic E-state index is 12.3. The maximum absolute atomic E-state index is 12.3. The minimum Gasteiger partial charge on any atom is -0.481 e. The molecule has 1 saturated carbocycles. The van der Waals surface area contributed by atoms with E-state index in [1.165, 1.54) is 0 Å². The predicted octanol–water partition coefficient (Wildman–Crippen LogP) is 1.57. The third kappa shape index (κ3) is 3.14. The van der Waals surface area contributed by atoms with E-state index < -0.39 is 11.4 Å². The monoisotopic (exact) mass is 282 g/mol. The van der Waals surface area contributed by atoms with Crippen LogP contribution in [0.15, 0.2) is 0 Å². The van der Waals surface area contributed by atoms with Gasteiger partial charge in [0.15, 0.2) is 0 Å². The molecule has 114 valence electrons. The van der Waals surface area contributed by atoms with Gasteiger partial charge < -0.3 is 10.0 Å². The van der Waals surface area contributed by atoms with Crippen molar-refractivity contribution in [1.82, 2.24) is 9.80 Å². The van der Waals surface area contributed by atoms with Crippen molar-refractivity contribution in [3.8, 4) is 0 Å². The third-order valence-corrected chi connectivity index (χ3v) is 4.79. The summed E-state index contributed by atoms with van der Waals surface area (Å²) in [6.45, 7) is 6.42. The zero-order chi connectivity index (χ0) is 14.8. The number of piperidine rings is 1. The quantitative estimate of drug-likeness (QED) is 0.803. The van der Waals surface area contributed by atoms with Crippen LogP contribution in [-0.4, -0.2) is 59.0 Å². The maximum Gasteiger partial charge on any atom is 0.310 e. The molecule has 0 radical (unpaired) electrons. The Morgan fingerprint density at radius 3 is 2.55 bits per heavy atom. The van der Waals surface area contributed by atoms with Crippen LogP contribution in [0.3, 0.4) is 0 Å². The molecule has 0 aromatic heterocycles. The Hall–Kier alpha value is -1.10. The largest absolute Gasteiger partial charge is 0.481 e. The van der Waals surface area contributed by atoms with Crippen molar-refractivity contribution >= 4 is 11.9 Å². The number of hydrogen-bond acceptors (Lipinski definition) is 3. The van der Waals surface area contributed by atoms with E-state index in [0.29, 0.717) is 25.6 Å². The van der Waals surface area contributed by atoms with E-state index in [2.05, 4.69) is 0 Å². The van der Waals surface area contributed by atoms with Crippen molar-refractivity contribution in [1.29, 1.82) is 0 Å². The molecule has 1 unspecified atom stereocenters. The number of amides is 1. The highest BCUT2D eigenvalue weighted by molar-refractivity contribution is 5.79. The second kappa shape index (κ2) is 6.12. The van der Waals surface area contributed by atoms with Crippen molar-refractivity contribution < 1.29 is 14.7 Å². The van der Waals surface area contributed by atoms with Crippen LogP contribution in [0.5, 0.6) is 0 Å². The molecular formula is C15H26N2O3. The van der Waals surface area contributed by atoms with Gasteiger partial charge in [0.1, 0.15) is 0 Å². The van der Waals surface area contributed by atoms with Crippen LogP contribution >= 0.6 is 0 Å². The Kier molecular flexibility index (Phi) is 4.68. The van der Waals surface area contributed by atoms with Gasteiger partial charge in [-0.05, 0) is 45.6 Å². The summed E-state index contributed by atoms with van der Waals surface area (Å²) in [5, 5.41) is 9.47. The smallest absolute Gasteiger partial charge is 0.310 e. The molecule has 5 heteroatoms. The third-order valence-electron chi connectivity index (χ3n) is 4.79. The van der Waals surface area contributed by atoms with Gasteiger partial charge >= 0.3 is 5.97 Å². The van der Waals surface area contributed by atoms with E-state index >= 15 is 0 Å². The van der Waals surface area contributed by atoms with Gasteiger partial charge in [0.05, 0.1) is 12.0 Å². The lowest BCUT2D eigenvalue weighted by Crippen LogP contribution is -2.51. The average molecular weight is 282 g/mol. The zero-order valence-electron chi connectivity index (χ0n) is 12.6. The first-order chi connectivity index (χ1) is 9.52. The van der Waals surface area contributed by atoms with Crippen LogP contribution in [0.25, 0.3) is 0 Å². The normalized spacial score (nSPS) is 27.3. The van der Waals surface area contributed by atoms with E-state index in [0.717, 1.165) is 38.8 Å². The molecule has 2 rings (SSSR count). The molecule has 1 saturated heterocycles. The Balaban J connectivity index is 1.95. The van der Waals surface area contributed by atoms with Gasteiger partial charge in [-0.15, -0.1) is 0 Å². The highest BCUT2D eigenvalue weighted by Gasteiger charge is 2.41.